The lowest BCUT2D eigenvalue weighted by atomic mass is 10.2. The van der Waals surface area contributed by atoms with Crippen LogP contribution in [0.4, 0.5) is 0 Å². The van der Waals surface area contributed by atoms with Crippen LogP contribution in [0.15, 0.2) is 6.07 Å². The topological polar surface area (TPSA) is 57.8 Å². The van der Waals surface area contributed by atoms with Crippen LogP contribution in [-0.2, 0) is 0 Å². The van der Waals surface area contributed by atoms with Gasteiger partial charge in [0.05, 0.1) is 0 Å². The molecule has 1 aliphatic carbocycles. The summed E-state index contributed by atoms with van der Waals surface area (Å²) in [4.78, 5) is 12.0. The van der Waals surface area contributed by atoms with Gasteiger partial charge in [-0.25, -0.2) is 0 Å². The molecule has 2 rings (SSSR count). The normalized spacial score (nSPS) is 23.9. The minimum absolute atomic E-state index is 0.0528. The lowest BCUT2D eigenvalue weighted by molar-refractivity contribution is 0.0933. The summed E-state index contributed by atoms with van der Waals surface area (Å²) in [5.74, 6) is 1.06. The summed E-state index contributed by atoms with van der Waals surface area (Å²) < 4.78 is 0. The second-order valence-corrected chi connectivity index (χ2v) is 5.96. The molecule has 0 saturated heterocycles. The summed E-state index contributed by atoms with van der Waals surface area (Å²) in [5, 5.41) is 10.5. The number of aryl methyl sites for hydroxylation is 1. The quantitative estimate of drug-likeness (QED) is 0.864. The fourth-order valence-electron chi connectivity index (χ4n) is 2.28. The molecule has 1 heterocycles. The highest BCUT2D eigenvalue weighted by Gasteiger charge is 2.29. The zero-order valence-electron chi connectivity index (χ0n) is 10.3. The Morgan fingerprint density at radius 2 is 2.47 bits per heavy atom. The minimum atomic E-state index is -0.0528. The Hall–Kier alpha value is -0.970. The molecule has 0 radical (unpaired) electrons. The second-order valence-electron chi connectivity index (χ2n) is 4.44. The fraction of sp³-hybridized carbons (Fsp3) is 0.667. The average molecular weight is 253 g/mol. The Balaban J connectivity index is 1.94. The molecule has 2 atom stereocenters. The maximum Gasteiger partial charge on any atom is 0.272 e. The smallest absolute Gasteiger partial charge is 0.272 e. The summed E-state index contributed by atoms with van der Waals surface area (Å²) in [7, 11) is 0. The Morgan fingerprint density at radius 1 is 1.65 bits per heavy atom. The van der Waals surface area contributed by atoms with Crippen LogP contribution in [0.25, 0.3) is 0 Å². The van der Waals surface area contributed by atoms with Gasteiger partial charge in [-0.3, -0.25) is 9.89 Å². The number of amides is 1. The van der Waals surface area contributed by atoms with E-state index in [1.165, 1.54) is 12.8 Å². The molecule has 1 aliphatic rings. The Bertz CT molecular complexity index is 391. The highest BCUT2D eigenvalue weighted by molar-refractivity contribution is 7.99. The van der Waals surface area contributed by atoms with Crippen molar-refractivity contribution in [2.75, 3.05) is 5.75 Å². The zero-order valence-corrected chi connectivity index (χ0v) is 11.1. The molecule has 4 nitrogen and oxygen atoms in total. The Labute approximate surface area is 106 Å². The number of hydrogen-bond acceptors (Lipinski definition) is 3. The second kappa shape index (κ2) is 5.58. The molecule has 94 valence electrons. The van der Waals surface area contributed by atoms with Crippen LogP contribution >= 0.6 is 11.8 Å². The van der Waals surface area contributed by atoms with E-state index >= 15 is 0 Å². The van der Waals surface area contributed by atoms with Crippen molar-refractivity contribution in [3.05, 3.63) is 17.5 Å². The molecule has 1 fully saturated rings. The van der Waals surface area contributed by atoms with Crippen molar-refractivity contribution in [1.29, 1.82) is 0 Å². The van der Waals surface area contributed by atoms with Crippen molar-refractivity contribution in [2.45, 2.75) is 44.4 Å². The van der Waals surface area contributed by atoms with Gasteiger partial charge in [-0.05, 0) is 31.6 Å². The molecule has 17 heavy (non-hydrogen) atoms. The SMILES string of the molecule is CCS[C@H]1CCC[C@@H]1NC(=O)c1cc(C)[nH]n1. The van der Waals surface area contributed by atoms with Crippen molar-refractivity contribution < 1.29 is 4.79 Å². The van der Waals surface area contributed by atoms with Gasteiger partial charge in [-0.1, -0.05) is 13.3 Å². The first-order valence-corrected chi connectivity index (χ1v) is 7.20. The number of nitrogens with one attached hydrogen (secondary N) is 2. The molecule has 0 spiro atoms. The van der Waals surface area contributed by atoms with Crippen LogP contribution in [0.1, 0.15) is 42.4 Å². The molecular formula is C12H19N3OS. The van der Waals surface area contributed by atoms with Gasteiger partial charge < -0.3 is 5.32 Å². The largest absolute Gasteiger partial charge is 0.347 e. The number of aromatic nitrogens is 2. The number of hydrogen-bond donors (Lipinski definition) is 2. The van der Waals surface area contributed by atoms with E-state index in [0.29, 0.717) is 17.0 Å². The highest BCUT2D eigenvalue weighted by Crippen LogP contribution is 2.29. The van der Waals surface area contributed by atoms with E-state index in [1.807, 2.05) is 18.7 Å². The maximum atomic E-state index is 12.0. The Morgan fingerprint density at radius 3 is 3.12 bits per heavy atom. The standard InChI is InChI=1S/C12H19N3OS/c1-3-17-11-6-4-5-9(11)13-12(16)10-7-8(2)14-15-10/h7,9,11H,3-6H2,1-2H3,(H,13,16)(H,14,15)/t9-,11-/m0/s1. The van der Waals surface area contributed by atoms with E-state index < -0.39 is 0 Å². The summed E-state index contributed by atoms with van der Waals surface area (Å²) in [6.45, 7) is 4.06. The van der Waals surface area contributed by atoms with Gasteiger partial charge in [0.2, 0.25) is 0 Å². The lowest BCUT2D eigenvalue weighted by Gasteiger charge is -2.19. The van der Waals surface area contributed by atoms with Crippen LogP contribution in [0, 0.1) is 6.92 Å². The molecule has 1 saturated carbocycles. The summed E-state index contributed by atoms with van der Waals surface area (Å²) in [6, 6.07) is 2.09. The Kier molecular flexibility index (Phi) is 4.10. The van der Waals surface area contributed by atoms with Gasteiger partial charge in [0.15, 0.2) is 0 Å². The van der Waals surface area contributed by atoms with Crippen LogP contribution in [0.2, 0.25) is 0 Å². The highest BCUT2D eigenvalue weighted by atomic mass is 32.2. The molecule has 5 heteroatoms. The summed E-state index contributed by atoms with van der Waals surface area (Å²) in [6.07, 6.45) is 3.51. The monoisotopic (exact) mass is 253 g/mol. The molecule has 0 bridgehead atoms. The number of nitrogens with zero attached hydrogens (tertiary/aromatic N) is 1. The fourth-order valence-corrected chi connectivity index (χ4v) is 3.48. The van der Waals surface area contributed by atoms with Gasteiger partial charge >= 0.3 is 0 Å². The molecule has 0 aromatic carbocycles. The number of rotatable bonds is 4. The number of H-pyrrole nitrogens is 1. The molecule has 2 N–H and O–H groups in total. The number of carbonyl (C=O) groups excluding carboxylic acids is 1. The molecule has 0 unspecified atom stereocenters. The minimum Gasteiger partial charge on any atom is -0.347 e. The molecule has 1 aromatic rings. The van der Waals surface area contributed by atoms with Crippen LogP contribution in [0.5, 0.6) is 0 Å². The molecule has 1 amide bonds. The van der Waals surface area contributed by atoms with Crippen molar-refractivity contribution in [2.24, 2.45) is 0 Å². The van der Waals surface area contributed by atoms with Crippen molar-refractivity contribution in [3.8, 4) is 0 Å². The average Bonchev–Trinajstić information content (AvgIpc) is 2.89. The maximum absolute atomic E-state index is 12.0. The molecular weight excluding hydrogens is 234 g/mol. The predicted molar refractivity (Wildman–Crippen MR) is 70.3 cm³/mol. The van der Waals surface area contributed by atoms with Gasteiger partial charge in [-0.2, -0.15) is 16.9 Å². The van der Waals surface area contributed by atoms with Crippen molar-refractivity contribution in [3.63, 3.8) is 0 Å². The van der Waals surface area contributed by atoms with Crippen molar-refractivity contribution in [1.82, 2.24) is 15.5 Å². The van der Waals surface area contributed by atoms with Gasteiger partial charge in [0.25, 0.3) is 5.91 Å². The summed E-state index contributed by atoms with van der Waals surface area (Å²) in [5.41, 5.74) is 1.41. The third kappa shape index (κ3) is 3.03. The van der Waals surface area contributed by atoms with Gasteiger partial charge in [0, 0.05) is 17.0 Å². The van der Waals surface area contributed by atoms with Crippen LogP contribution in [-0.4, -0.2) is 33.1 Å². The molecule has 0 aliphatic heterocycles. The third-order valence-electron chi connectivity index (χ3n) is 3.09. The van der Waals surface area contributed by atoms with E-state index in [0.717, 1.165) is 17.9 Å². The van der Waals surface area contributed by atoms with E-state index in [2.05, 4.69) is 22.4 Å². The predicted octanol–water partition coefficient (Wildman–Crippen LogP) is 2.12. The lowest BCUT2D eigenvalue weighted by Crippen LogP contribution is -2.39. The van der Waals surface area contributed by atoms with E-state index in [-0.39, 0.29) is 5.91 Å². The van der Waals surface area contributed by atoms with Crippen LogP contribution in [0.3, 0.4) is 0 Å². The first-order valence-electron chi connectivity index (χ1n) is 6.15. The number of carbonyl (C=O) groups is 1. The molecule has 1 aromatic heterocycles. The first kappa shape index (κ1) is 12.5. The van der Waals surface area contributed by atoms with Gasteiger partial charge in [-0.15, -0.1) is 0 Å². The first-order chi connectivity index (χ1) is 8.20. The van der Waals surface area contributed by atoms with Gasteiger partial charge in [0.1, 0.15) is 5.69 Å². The van der Waals surface area contributed by atoms with E-state index in [9.17, 15) is 4.79 Å². The summed E-state index contributed by atoms with van der Waals surface area (Å²) >= 11 is 1.95. The van der Waals surface area contributed by atoms with E-state index in [4.69, 9.17) is 0 Å². The van der Waals surface area contributed by atoms with Crippen molar-refractivity contribution >= 4 is 17.7 Å². The van der Waals surface area contributed by atoms with Crippen LogP contribution < -0.4 is 5.32 Å². The van der Waals surface area contributed by atoms with E-state index in [1.54, 1.807) is 6.07 Å². The number of thioether (sulfide) groups is 1. The number of aromatic amines is 1. The zero-order chi connectivity index (χ0) is 12.3. The third-order valence-corrected chi connectivity index (χ3v) is 4.41.